The van der Waals surface area contributed by atoms with Crippen LogP contribution in [0.5, 0.6) is 0 Å². The molecule has 1 rings (SSSR count). The van der Waals surface area contributed by atoms with Crippen LogP contribution in [0.15, 0.2) is 0 Å². The molecule has 1 heterocycles. The van der Waals surface area contributed by atoms with Crippen LogP contribution < -0.4 is 0 Å². The molecule has 1 aliphatic rings. The quantitative estimate of drug-likeness (QED) is 0.720. The van der Waals surface area contributed by atoms with Gasteiger partial charge in [0.1, 0.15) is 0 Å². The van der Waals surface area contributed by atoms with E-state index in [2.05, 4.69) is 18.7 Å². The van der Waals surface area contributed by atoms with E-state index >= 15 is 0 Å². The molecule has 0 radical (unpaired) electrons. The van der Waals surface area contributed by atoms with E-state index in [-0.39, 0.29) is 0 Å². The highest BCUT2D eigenvalue weighted by Crippen LogP contribution is 2.08. The van der Waals surface area contributed by atoms with Crippen molar-refractivity contribution in [3.05, 3.63) is 0 Å². The molecule has 1 saturated heterocycles. The molecule has 5 nitrogen and oxygen atoms in total. The summed E-state index contributed by atoms with van der Waals surface area (Å²) in [7, 11) is -3.97. The van der Waals surface area contributed by atoms with Gasteiger partial charge in [0.25, 0.3) is 0 Å². The van der Waals surface area contributed by atoms with Gasteiger partial charge in [-0.15, -0.1) is 0 Å². The summed E-state index contributed by atoms with van der Waals surface area (Å²) in [4.78, 5) is 2.24. The molecule has 0 aromatic heterocycles. The summed E-state index contributed by atoms with van der Waals surface area (Å²) in [5.74, 6) is 0.671. The third kappa shape index (κ3) is 4.46. The summed E-state index contributed by atoms with van der Waals surface area (Å²) in [6.45, 7) is 7.59. The Balaban J connectivity index is 2.30. The number of hydrogen-bond acceptors (Lipinski definition) is 3. The van der Waals surface area contributed by atoms with Crippen molar-refractivity contribution in [3.63, 3.8) is 0 Å². The summed E-state index contributed by atoms with van der Waals surface area (Å²) < 4.78 is 31.6. The molecule has 0 unspecified atom stereocenters. The van der Waals surface area contributed by atoms with Gasteiger partial charge in [-0.05, 0) is 18.9 Å². The fraction of sp³-hybridized carbons (Fsp3) is 1.00. The predicted octanol–water partition coefficient (Wildman–Crippen LogP) is 0.453. The molecule has 0 aromatic carbocycles. The second-order valence-corrected chi connectivity index (χ2v) is 5.81. The average Bonchev–Trinajstić information content (AvgIpc) is 2.14. The van der Waals surface area contributed by atoms with Crippen molar-refractivity contribution in [3.8, 4) is 0 Å². The molecule has 0 aromatic rings. The first-order valence-electron chi connectivity index (χ1n) is 5.34. The zero-order valence-electron chi connectivity index (χ0n) is 9.39. The molecule has 90 valence electrons. The number of rotatable bonds is 4. The highest BCUT2D eigenvalue weighted by Gasteiger charge is 2.24. The van der Waals surface area contributed by atoms with Crippen LogP contribution in [-0.4, -0.2) is 54.9 Å². The molecule has 0 atom stereocenters. The largest absolute Gasteiger partial charge is 0.335 e. The lowest BCUT2D eigenvalue weighted by atomic mass is 10.1. The van der Waals surface area contributed by atoms with Crippen molar-refractivity contribution in [1.29, 1.82) is 0 Å². The maximum absolute atomic E-state index is 10.8. The summed E-state index contributed by atoms with van der Waals surface area (Å²) in [5.41, 5.74) is 0. The molecule has 0 spiro atoms. The van der Waals surface area contributed by atoms with Crippen LogP contribution in [0, 0.1) is 5.92 Å². The van der Waals surface area contributed by atoms with Crippen LogP contribution in [0.3, 0.4) is 0 Å². The van der Waals surface area contributed by atoms with Gasteiger partial charge in [0.2, 0.25) is 0 Å². The van der Waals surface area contributed by atoms with Crippen molar-refractivity contribution in [2.24, 2.45) is 5.92 Å². The smallest absolute Gasteiger partial charge is 0.301 e. The van der Waals surface area contributed by atoms with E-state index in [0.29, 0.717) is 32.1 Å². The molecular weight excluding hydrogens is 216 g/mol. The average molecular weight is 236 g/mol. The molecule has 15 heavy (non-hydrogen) atoms. The molecule has 1 aliphatic heterocycles. The summed E-state index contributed by atoms with van der Waals surface area (Å²) >= 11 is 0. The highest BCUT2D eigenvalue weighted by atomic mass is 32.2. The van der Waals surface area contributed by atoms with E-state index in [1.165, 1.54) is 0 Å². The molecule has 0 amide bonds. The molecular formula is C9H20N2O3S. The zero-order valence-corrected chi connectivity index (χ0v) is 10.2. The first-order valence-corrected chi connectivity index (χ1v) is 6.74. The minimum Gasteiger partial charge on any atom is -0.301 e. The Morgan fingerprint density at radius 3 is 2.13 bits per heavy atom. The lowest BCUT2D eigenvalue weighted by Crippen LogP contribution is -2.48. The van der Waals surface area contributed by atoms with Crippen LogP contribution in [0.2, 0.25) is 0 Å². The van der Waals surface area contributed by atoms with Crippen LogP contribution in [-0.2, 0) is 10.3 Å². The number of hydrogen-bond donors (Lipinski definition) is 1. The molecule has 1 fully saturated rings. The van der Waals surface area contributed by atoms with Crippen molar-refractivity contribution in [2.45, 2.75) is 20.3 Å². The minimum absolute atomic E-state index is 0.400. The van der Waals surface area contributed by atoms with Crippen LogP contribution in [0.1, 0.15) is 20.3 Å². The maximum Gasteiger partial charge on any atom is 0.335 e. The third-order valence-corrected chi connectivity index (χ3v) is 3.70. The number of piperazine rings is 1. The van der Waals surface area contributed by atoms with Gasteiger partial charge >= 0.3 is 10.3 Å². The first kappa shape index (κ1) is 12.9. The lowest BCUT2D eigenvalue weighted by Gasteiger charge is -2.32. The second-order valence-electron chi connectivity index (χ2n) is 4.40. The highest BCUT2D eigenvalue weighted by molar-refractivity contribution is 7.83. The van der Waals surface area contributed by atoms with Gasteiger partial charge in [-0.1, -0.05) is 13.8 Å². The normalized spacial score (nSPS) is 21.1. The Labute approximate surface area is 91.9 Å². The lowest BCUT2D eigenvalue weighted by molar-refractivity contribution is 0.173. The van der Waals surface area contributed by atoms with Crippen LogP contribution >= 0.6 is 0 Å². The molecule has 1 N–H and O–H groups in total. The fourth-order valence-electron chi connectivity index (χ4n) is 1.62. The zero-order chi connectivity index (χ0) is 11.5. The standard InChI is InChI=1S/C9H20N2O3S/c1-9(2)3-4-10-5-7-11(8-6-10)15(12,13)14/h9H,3-8H2,1-2H3,(H,12,13,14). The second kappa shape index (κ2) is 5.25. The van der Waals surface area contributed by atoms with Gasteiger partial charge in [0, 0.05) is 26.2 Å². The summed E-state index contributed by atoms with van der Waals surface area (Å²) in [6.07, 6.45) is 1.13. The molecule has 0 saturated carbocycles. The Bertz CT molecular complexity index is 282. The first-order chi connectivity index (χ1) is 6.89. The number of nitrogens with zero attached hydrogens (tertiary/aromatic N) is 2. The molecule has 0 bridgehead atoms. The molecule has 0 aliphatic carbocycles. The van der Waals surface area contributed by atoms with E-state index < -0.39 is 10.3 Å². The third-order valence-electron chi connectivity index (χ3n) is 2.68. The summed E-state index contributed by atoms with van der Waals surface area (Å²) in [5, 5.41) is 0. The van der Waals surface area contributed by atoms with Crippen LogP contribution in [0.25, 0.3) is 0 Å². The van der Waals surface area contributed by atoms with E-state index in [1.807, 2.05) is 0 Å². The Kier molecular flexibility index (Phi) is 4.51. The molecule has 6 heteroatoms. The topological polar surface area (TPSA) is 60.9 Å². The SMILES string of the molecule is CC(C)CCN1CCN(S(=O)(=O)O)CC1. The predicted molar refractivity (Wildman–Crippen MR) is 59.0 cm³/mol. The van der Waals surface area contributed by atoms with Gasteiger partial charge in [0.15, 0.2) is 0 Å². The van der Waals surface area contributed by atoms with E-state index in [9.17, 15) is 8.42 Å². The van der Waals surface area contributed by atoms with Crippen LogP contribution in [0.4, 0.5) is 0 Å². The fourth-order valence-corrected chi connectivity index (χ4v) is 2.25. The van der Waals surface area contributed by atoms with Crippen molar-refractivity contribution < 1.29 is 13.0 Å². The monoisotopic (exact) mass is 236 g/mol. The Morgan fingerprint density at radius 1 is 1.20 bits per heavy atom. The van der Waals surface area contributed by atoms with Gasteiger partial charge in [-0.2, -0.15) is 12.7 Å². The van der Waals surface area contributed by atoms with E-state index in [4.69, 9.17) is 4.55 Å². The van der Waals surface area contributed by atoms with Crippen molar-refractivity contribution >= 4 is 10.3 Å². The Morgan fingerprint density at radius 2 is 1.73 bits per heavy atom. The van der Waals surface area contributed by atoms with Crippen molar-refractivity contribution in [1.82, 2.24) is 9.21 Å². The Hall–Kier alpha value is -0.170. The minimum atomic E-state index is -3.97. The summed E-state index contributed by atoms with van der Waals surface area (Å²) in [6, 6.07) is 0. The van der Waals surface area contributed by atoms with Gasteiger partial charge in [-0.3, -0.25) is 4.55 Å². The van der Waals surface area contributed by atoms with E-state index in [1.54, 1.807) is 0 Å². The maximum atomic E-state index is 10.8. The van der Waals surface area contributed by atoms with Gasteiger partial charge < -0.3 is 4.90 Å². The van der Waals surface area contributed by atoms with E-state index in [0.717, 1.165) is 17.3 Å². The van der Waals surface area contributed by atoms with Crippen molar-refractivity contribution in [2.75, 3.05) is 32.7 Å². The van der Waals surface area contributed by atoms with Gasteiger partial charge in [0.05, 0.1) is 0 Å². The van der Waals surface area contributed by atoms with Gasteiger partial charge in [-0.25, -0.2) is 0 Å².